The van der Waals surface area contributed by atoms with Crippen molar-refractivity contribution < 1.29 is 18.9 Å². The number of benzene rings is 6. The first-order chi connectivity index (χ1) is 24.1. The van der Waals surface area contributed by atoms with Crippen LogP contribution in [0.25, 0.3) is 32.7 Å². The summed E-state index contributed by atoms with van der Waals surface area (Å²) >= 11 is 13.6. The number of fused-ring (bicyclic) bond motifs is 5. The van der Waals surface area contributed by atoms with E-state index >= 15 is 0 Å². The maximum Gasteiger partial charge on any atom is 0.220 e. The molecule has 0 N–H and O–H groups in total. The van der Waals surface area contributed by atoms with Gasteiger partial charge in [0, 0.05) is 22.3 Å². The van der Waals surface area contributed by atoms with E-state index in [1.807, 2.05) is 0 Å². The van der Waals surface area contributed by atoms with Crippen LogP contribution < -0.4 is 9.47 Å². The minimum absolute atomic E-state index is 0.0569. The highest BCUT2D eigenvalue weighted by Gasteiger charge is 2.47. The van der Waals surface area contributed by atoms with E-state index in [-0.39, 0.29) is 12.2 Å². The average Bonchev–Trinajstić information content (AvgIpc) is 3.84. The van der Waals surface area contributed by atoms with Gasteiger partial charge in [0.1, 0.15) is 36.9 Å². The van der Waals surface area contributed by atoms with Crippen LogP contribution in [0.5, 0.6) is 11.5 Å². The van der Waals surface area contributed by atoms with Gasteiger partial charge < -0.3 is 18.9 Å². The molecule has 49 heavy (non-hydrogen) atoms. The molecule has 2 fully saturated rings. The molecule has 9 rings (SSSR count). The van der Waals surface area contributed by atoms with Crippen LogP contribution in [0.3, 0.4) is 0 Å². The van der Waals surface area contributed by atoms with E-state index < -0.39 is 5.41 Å². The van der Waals surface area contributed by atoms with Gasteiger partial charge in [-0.05, 0) is 80.7 Å². The van der Waals surface area contributed by atoms with Crippen LogP contribution in [0.2, 0.25) is 0 Å². The van der Waals surface area contributed by atoms with Gasteiger partial charge in [-0.2, -0.15) is 0 Å². The Morgan fingerprint density at radius 2 is 0.918 bits per heavy atom. The molecule has 0 bridgehead atoms. The summed E-state index contributed by atoms with van der Waals surface area (Å²) < 4.78 is 25.7. The smallest absolute Gasteiger partial charge is 0.220 e. The Labute approximate surface area is 304 Å². The van der Waals surface area contributed by atoms with Crippen LogP contribution in [0.4, 0.5) is 0 Å². The van der Waals surface area contributed by atoms with E-state index in [0.29, 0.717) is 22.0 Å². The molecule has 2 aliphatic heterocycles. The second-order valence-electron chi connectivity index (χ2n) is 12.4. The number of thiocarbonyl (C=S) groups is 2. The largest absolute Gasteiger partial charge is 0.489 e. The Balaban J connectivity index is 1.26. The number of hydrogen-bond acceptors (Lipinski definition) is 8. The molecule has 0 amide bonds. The fourth-order valence-corrected chi connectivity index (χ4v) is 9.75. The number of ether oxygens (including phenoxy) is 4. The molecule has 6 aromatic carbocycles. The van der Waals surface area contributed by atoms with Gasteiger partial charge in [-0.15, -0.1) is 0 Å². The monoisotopic (exact) mass is 714 g/mol. The first kappa shape index (κ1) is 30.9. The molecule has 4 nitrogen and oxygen atoms in total. The molecular formula is C41H30O4S4. The molecule has 0 spiro atoms. The second-order valence-corrected chi connectivity index (χ2v) is 15.6. The lowest BCUT2D eigenvalue weighted by Gasteiger charge is -2.36. The normalized spacial score (nSPS) is 19.0. The lowest BCUT2D eigenvalue weighted by atomic mass is 9.65. The predicted molar refractivity (Wildman–Crippen MR) is 210 cm³/mol. The first-order valence-corrected chi connectivity index (χ1v) is 19.1. The third kappa shape index (κ3) is 5.19. The Morgan fingerprint density at radius 3 is 1.37 bits per heavy atom. The van der Waals surface area contributed by atoms with Gasteiger partial charge in [0.05, 0.1) is 5.41 Å². The second kappa shape index (κ2) is 12.7. The van der Waals surface area contributed by atoms with Crippen molar-refractivity contribution >= 4 is 78.3 Å². The molecule has 2 atom stereocenters. The van der Waals surface area contributed by atoms with Gasteiger partial charge in [0.25, 0.3) is 0 Å². The van der Waals surface area contributed by atoms with Crippen molar-refractivity contribution in [2.75, 3.05) is 24.7 Å². The molecule has 242 valence electrons. The minimum atomic E-state index is -0.627. The van der Waals surface area contributed by atoms with Crippen LogP contribution in [0.1, 0.15) is 22.3 Å². The maximum atomic E-state index is 6.47. The van der Waals surface area contributed by atoms with Crippen molar-refractivity contribution in [3.05, 3.63) is 144 Å². The van der Waals surface area contributed by atoms with Crippen molar-refractivity contribution in [2.24, 2.45) is 0 Å². The Hall–Kier alpha value is -4.08. The summed E-state index contributed by atoms with van der Waals surface area (Å²) in [6, 6.07) is 43.7. The average molecular weight is 715 g/mol. The number of rotatable bonds is 8. The minimum Gasteiger partial charge on any atom is -0.489 e. The van der Waals surface area contributed by atoms with E-state index in [1.54, 1.807) is 23.5 Å². The summed E-state index contributed by atoms with van der Waals surface area (Å²) in [5, 5.41) is 4.40. The molecule has 0 radical (unpaired) electrons. The van der Waals surface area contributed by atoms with Gasteiger partial charge in [-0.3, -0.25) is 0 Å². The third-order valence-corrected chi connectivity index (χ3v) is 12.3. The highest BCUT2D eigenvalue weighted by molar-refractivity contribution is 8.23. The molecule has 6 aromatic rings. The van der Waals surface area contributed by atoms with E-state index in [9.17, 15) is 0 Å². The van der Waals surface area contributed by atoms with Crippen molar-refractivity contribution in [3.8, 4) is 22.6 Å². The third-order valence-electron chi connectivity index (χ3n) is 9.67. The van der Waals surface area contributed by atoms with Crippen LogP contribution in [-0.2, 0) is 14.9 Å². The van der Waals surface area contributed by atoms with E-state index in [1.165, 1.54) is 33.4 Å². The summed E-state index contributed by atoms with van der Waals surface area (Å²) in [7, 11) is 0. The Bertz CT molecular complexity index is 2120. The first-order valence-electron chi connectivity index (χ1n) is 16.3. The van der Waals surface area contributed by atoms with Crippen molar-refractivity contribution in [1.82, 2.24) is 0 Å². The maximum absolute atomic E-state index is 6.47. The lowest BCUT2D eigenvalue weighted by Crippen LogP contribution is -2.29. The fourth-order valence-electron chi connectivity index (χ4n) is 7.69. The van der Waals surface area contributed by atoms with Crippen molar-refractivity contribution in [1.29, 1.82) is 0 Å². The molecule has 2 heterocycles. The van der Waals surface area contributed by atoms with Crippen LogP contribution in [-0.4, -0.2) is 45.7 Å². The SMILES string of the molecule is S=C1OC(COc2cccc3c(C4(c5cccc6c(OCC7CSC(=S)O7)cccc56)c5ccccc5-c5ccccc54)cccc23)CS1. The van der Waals surface area contributed by atoms with E-state index in [2.05, 4.69) is 121 Å². The molecule has 8 heteroatoms. The topological polar surface area (TPSA) is 36.9 Å². The molecule has 2 saturated heterocycles. The van der Waals surface area contributed by atoms with Gasteiger partial charge in [0.2, 0.25) is 8.77 Å². The highest BCUT2D eigenvalue weighted by Crippen LogP contribution is 2.58. The van der Waals surface area contributed by atoms with Gasteiger partial charge in [-0.25, -0.2) is 0 Å². The fraction of sp³-hybridized carbons (Fsp3) is 0.171. The standard InChI is InChI=1S/C41H30O4S4/c46-39-44-25(23-48-39)21-42-37-19-7-11-29-31(37)13-5-17-35(29)41(33-15-3-1-9-27(33)28-10-2-4-16-34(28)41)36-18-6-14-32-30(36)12-8-20-38(32)43-22-26-24-49-40(47)45-26/h1-20,25-26H,21-24H2. The van der Waals surface area contributed by atoms with Crippen LogP contribution >= 0.6 is 48.0 Å². The lowest BCUT2D eigenvalue weighted by molar-refractivity contribution is 0.152. The highest BCUT2D eigenvalue weighted by atomic mass is 32.2. The molecule has 3 aliphatic rings. The number of thioether (sulfide) groups is 2. The van der Waals surface area contributed by atoms with Crippen LogP contribution in [0.15, 0.2) is 121 Å². The van der Waals surface area contributed by atoms with Gasteiger partial charge in [-0.1, -0.05) is 133 Å². The molecular weight excluding hydrogens is 685 g/mol. The van der Waals surface area contributed by atoms with Crippen molar-refractivity contribution in [3.63, 3.8) is 0 Å². The van der Waals surface area contributed by atoms with Crippen molar-refractivity contribution in [2.45, 2.75) is 17.6 Å². The van der Waals surface area contributed by atoms with E-state index in [0.717, 1.165) is 44.5 Å². The quantitative estimate of drug-likeness (QED) is 0.144. The van der Waals surface area contributed by atoms with Gasteiger partial charge in [0.15, 0.2) is 0 Å². The molecule has 0 aromatic heterocycles. The summed E-state index contributed by atoms with van der Waals surface area (Å²) in [5.41, 5.74) is 6.76. The molecule has 1 aliphatic carbocycles. The molecule has 2 unspecified atom stereocenters. The number of hydrogen-bond donors (Lipinski definition) is 0. The summed E-state index contributed by atoms with van der Waals surface area (Å²) in [6.45, 7) is 0.880. The summed E-state index contributed by atoms with van der Waals surface area (Å²) in [4.78, 5) is 0. The van der Waals surface area contributed by atoms with E-state index in [4.69, 9.17) is 43.4 Å². The summed E-state index contributed by atoms with van der Waals surface area (Å²) in [5.74, 6) is 3.28. The molecule has 0 saturated carbocycles. The predicted octanol–water partition coefficient (Wildman–Crippen LogP) is 9.95. The van der Waals surface area contributed by atoms with Crippen LogP contribution in [0, 0.1) is 0 Å². The summed E-state index contributed by atoms with van der Waals surface area (Å²) in [6.07, 6.45) is -0.114. The zero-order chi connectivity index (χ0) is 33.0. The Morgan fingerprint density at radius 1 is 0.510 bits per heavy atom. The Kier molecular flexibility index (Phi) is 8.00. The zero-order valence-corrected chi connectivity index (χ0v) is 29.6. The zero-order valence-electron chi connectivity index (χ0n) is 26.3. The van der Waals surface area contributed by atoms with Gasteiger partial charge >= 0.3 is 0 Å².